The van der Waals surface area contributed by atoms with Gasteiger partial charge in [-0.25, -0.2) is 0 Å². The van der Waals surface area contributed by atoms with Gasteiger partial charge >= 0.3 is 0 Å². The minimum absolute atomic E-state index is 0.206. The average molecular weight is 249 g/mol. The van der Waals surface area contributed by atoms with Crippen LogP contribution in [0.1, 0.15) is 37.7 Å². The highest BCUT2D eigenvalue weighted by Gasteiger charge is 2.31. The van der Waals surface area contributed by atoms with Crippen LogP contribution in [0.2, 0.25) is 0 Å². The van der Waals surface area contributed by atoms with Gasteiger partial charge in [-0.05, 0) is 50.3 Å². The molecular formula is C15H23NO2. The van der Waals surface area contributed by atoms with E-state index in [4.69, 9.17) is 4.74 Å². The molecule has 1 fully saturated rings. The largest absolute Gasteiger partial charge is 0.496 e. The smallest absolute Gasteiger partial charge is 0.122 e. The lowest BCUT2D eigenvalue weighted by Gasteiger charge is -2.37. The molecule has 0 radical (unpaired) electrons. The molecule has 1 atom stereocenters. The molecule has 1 unspecified atom stereocenters. The van der Waals surface area contributed by atoms with Crippen molar-refractivity contribution in [2.45, 2.75) is 44.2 Å². The first-order valence-electron chi connectivity index (χ1n) is 6.75. The average Bonchev–Trinajstić information content (AvgIpc) is 2.32. The van der Waals surface area contributed by atoms with E-state index < -0.39 is 0 Å². The monoisotopic (exact) mass is 249 g/mol. The van der Waals surface area contributed by atoms with Crippen molar-refractivity contribution in [3.8, 4) is 5.75 Å². The Morgan fingerprint density at radius 1 is 1.39 bits per heavy atom. The fraction of sp³-hybridized carbons (Fsp3) is 0.600. The second-order valence-corrected chi connectivity index (χ2v) is 5.20. The number of aliphatic hydroxyl groups excluding tert-OH is 1. The number of benzene rings is 1. The lowest BCUT2D eigenvalue weighted by molar-refractivity contribution is 0.177. The molecule has 0 aromatic heterocycles. The first kappa shape index (κ1) is 13.4. The molecule has 1 aromatic rings. The summed E-state index contributed by atoms with van der Waals surface area (Å²) in [4.78, 5) is 0. The highest BCUT2D eigenvalue weighted by molar-refractivity contribution is 5.37. The van der Waals surface area contributed by atoms with Crippen molar-refractivity contribution in [3.63, 3.8) is 0 Å². The van der Waals surface area contributed by atoms with Crippen LogP contribution in [0.4, 0.5) is 0 Å². The van der Waals surface area contributed by atoms with Crippen molar-refractivity contribution >= 4 is 0 Å². The van der Waals surface area contributed by atoms with Crippen molar-refractivity contribution in [1.29, 1.82) is 0 Å². The van der Waals surface area contributed by atoms with E-state index in [9.17, 15) is 5.11 Å². The van der Waals surface area contributed by atoms with E-state index in [1.165, 1.54) is 18.4 Å². The summed E-state index contributed by atoms with van der Waals surface area (Å²) in [6.45, 7) is 2.74. The highest BCUT2D eigenvalue weighted by Crippen LogP contribution is 2.40. The maximum atomic E-state index is 9.20. The summed E-state index contributed by atoms with van der Waals surface area (Å²) in [7, 11) is 1.73. The number of para-hydroxylation sites is 1. The van der Waals surface area contributed by atoms with Crippen molar-refractivity contribution in [3.05, 3.63) is 29.8 Å². The summed E-state index contributed by atoms with van der Waals surface area (Å²) in [5, 5.41) is 12.7. The molecule has 1 aliphatic carbocycles. The predicted molar refractivity (Wildman–Crippen MR) is 73.1 cm³/mol. The SMILES string of the molecule is COc1ccccc1C1CC(NCCC(C)O)C1. The minimum Gasteiger partial charge on any atom is -0.496 e. The molecular weight excluding hydrogens is 226 g/mol. The van der Waals surface area contributed by atoms with Gasteiger partial charge in [0.25, 0.3) is 0 Å². The molecule has 0 bridgehead atoms. The minimum atomic E-state index is -0.206. The van der Waals surface area contributed by atoms with Gasteiger partial charge in [-0.3, -0.25) is 0 Å². The fourth-order valence-electron chi connectivity index (χ4n) is 2.54. The van der Waals surface area contributed by atoms with Gasteiger partial charge in [-0.15, -0.1) is 0 Å². The molecule has 3 nitrogen and oxygen atoms in total. The van der Waals surface area contributed by atoms with Gasteiger partial charge in [0.2, 0.25) is 0 Å². The molecule has 0 saturated heterocycles. The molecule has 1 aliphatic rings. The van der Waals surface area contributed by atoms with Crippen LogP contribution in [-0.2, 0) is 0 Å². The van der Waals surface area contributed by atoms with Crippen molar-refractivity contribution in [2.24, 2.45) is 0 Å². The zero-order valence-corrected chi connectivity index (χ0v) is 11.2. The molecule has 0 amide bonds. The van der Waals surface area contributed by atoms with E-state index >= 15 is 0 Å². The summed E-state index contributed by atoms with van der Waals surface area (Å²) in [5.41, 5.74) is 1.33. The first-order chi connectivity index (χ1) is 8.70. The molecule has 0 aliphatic heterocycles. The highest BCUT2D eigenvalue weighted by atomic mass is 16.5. The Kier molecular flexibility index (Phi) is 4.61. The maximum absolute atomic E-state index is 9.20. The summed E-state index contributed by atoms with van der Waals surface area (Å²) in [6.07, 6.45) is 2.96. The van der Waals surface area contributed by atoms with E-state index in [2.05, 4.69) is 17.4 Å². The number of hydrogen-bond acceptors (Lipinski definition) is 3. The van der Waals surface area contributed by atoms with Gasteiger partial charge in [0.1, 0.15) is 5.75 Å². The number of nitrogens with one attached hydrogen (secondary N) is 1. The zero-order valence-electron chi connectivity index (χ0n) is 11.2. The molecule has 0 spiro atoms. The van der Waals surface area contributed by atoms with E-state index in [1.807, 2.05) is 19.1 Å². The molecule has 2 rings (SSSR count). The second-order valence-electron chi connectivity index (χ2n) is 5.20. The summed E-state index contributed by atoms with van der Waals surface area (Å²) >= 11 is 0. The number of rotatable bonds is 6. The van der Waals surface area contributed by atoms with Crippen molar-refractivity contribution in [1.82, 2.24) is 5.32 Å². The van der Waals surface area contributed by atoms with Gasteiger partial charge in [0.15, 0.2) is 0 Å². The molecule has 3 heteroatoms. The van der Waals surface area contributed by atoms with Crippen LogP contribution in [0.3, 0.4) is 0 Å². The third-order valence-electron chi connectivity index (χ3n) is 3.71. The molecule has 18 heavy (non-hydrogen) atoms. The Morgan fingerprint density at radius 2 is 2.11 bits per heavy atom. The van der Waals surface area contributed by atoms with Crippen LogP contribution in [0, 0.1) is 0 Å². The Labute approximate surface area is 109 Å². The predicted octanol–water partition coefficient (Wildman–Crippen LogP) is 2.30. The van der Waals surface area contributed by atoms with E-state index in [1.54, 1.807) is 7.11 Å². The maximum Gasteiger partial charge on any atom is 0.122 e. The Hall–Kier alpha value is -1.06. The molecule has 0 heterocycles. The summed E-state index contributed by atoms with van der Waals surface area (Å²) < 4.78 is 5.40. The standard InChI is InChI=1S/C15H23NO2/c1-11(17)7-8-16-13-9-12(10-13)14-5-3-4-6-15(14)18-2/h3-6,11-13,16-17H,7-10H2,1-2H3. The van der Waals surface area contributed by atoms with Crippen LogP contribution in [0.5, 0.6) is 5.75 Å². The van der Waals surface area contributed by atoms with E-state index in [0.717, 1.165) is 18.7 Å². The second kappa shape index (κ2) is 6.21. The van der Waals surface area contributed by atoms with Gasteiger partial charge in [-0.1, -0.05) is 18.2 Å². The van der Waals surface area contributed by atoms with Crippen LogP contribution in [-0.4, -0.2) is 30.9 Å². The number of methoxy groups -OCH3 is 1. The lowest BCUT2D eigenvalue weighted by atomic mass is 9.75. The summed E-state index contributed by atoms with van der Waals surface area (Å²) in [6, 6.07) is 8.88. The van der Waals surface area contributed by atoms with E-state index in [-0.39, 0.29) is 6.10 Å². The number of hydrogen-bond donors (Lipinski definition) is 2. The van der Waals surface area contributed by atoms with E-state index in [0.29, 0.717) is 12.0 Å². The van der Waals surface area contributed by atoms with Crippen molar-refractivity contribution in [2.75, 3.05) is 13.7 Å². The van der Waals surface area contributed by atoms with Crippen molar-refractivity contribution < 1.29 is 9.84 Å². The zero-order chi connectivity index (χ0) is 13.0. The number of aliphatic hydroxyl groups is 1. The normalized spacial score (nSPS) is 24.4. The fourth-order valence-corrected chi connectivity index (χ4v) is 2.54. The van der Waals surface area contributed by atoms with Crippen LogP contribution >= 0.6 is 0 Å². The van der Waals surface area contributed by atoms with Gasteiger partial charge in [0.05, 0.1) is 13.2 Å². The van der Waals surface area contributed by atoms with Gasteiger partial charge < -0.3 is 15.2 Å². The van der Waals surface area contributed by atoms with Crippen LogP contribution in [0.15, 0.2) is 24.3 Å². The van der Waals surface area contributed by atoms with Crippen LogP contribution < -0.4 is 10.1 Å². The third kappa shape index (κ3) is 3.24. The Bertz CT molecular complexity index is 373. The first-order valence-corrected chi connectivity index (χ1v) is 6.75. The third-order valence-corrected chi connectivity index (χ3v) is 3.71. The Balaban J connectivity index is 1.78. The molecule has 1 saturated carbocycles. The molecule has 100 valence electrons. The Morgan fingerprint density at radius 3 is 2.78 bits per heavy atom. The topological polar surface area (TPSA) is 41.5 Å². The number of ether oxygens (including phenoxy) is 1. The van der Waals surface area contributed by atoms with Gasteiger partial charge in [0, 0.05) is 6.04 Å². The molecule has 2 N–H and O–H groups in total. The summed E-state index contributed by atoms with van der Waals surface area (Å²) in [5.74, 6) is 1.62. The van der Waals surface area contributed by atoms with Gasteiger partial charge in [-0.2, -0.15) is 0 Å². The quantitative estimate of drug-likeness (QED) is 0.813. The molecule has 1 aromatic carbocycles. The van der Waals surface area contributed by atoms with Crippen LogP contribution in [0.25, 0.3) is 0 Å². The lowest BCUT2D eigenvalue weighted by Crippen LogP contribution is -2.41.